The lowest BCUT2D eigenvalue weighted by Gasteiger charge is -2.14. The molecule has 0 aliphatic heterocycles. The van der Waals surface area contributed by atoms with E-state index >= 15 is 0 Å². The van der Waals surface area contributed by atoms with Crippen LogP contribution in [0.5, 0.6) is 0 Å². The lowest BCUT2D eigenvalue weighted by Crippen LogP contribution is -2.41. The second-order valence-corrected chi connectivity index (χ2v) is 5.04. The fourth-order valence-corrected chi connectivity index (χ4v) is 1.97. The van der Waals surface area contributed by atoms with Crippen LogP contribution in [0.2, 0.25) is 0 Å². The minimum absolute atomic E-state index is 0. The molecule has 1 amide bonds. The van der Waals surface area contributed by atoms with Crippen LogP contribution < -0.4 is 22.3 Å². The average molecular weight is 400 g/mol. The van der Waals surface area contributed by atoms with Crippen LogP contribution in [0.25, 0.3) is 11.0 Å². The van der Waals surface area contributed by atoms with Crippen molar-refractivity contribution in [2.24, 2.45) is 19.8 Å². The summed E-state index contributed by atoms with van der Waals surface area (Å²) in [5.74, 6) is -4.04. The van der Waals surface area contributed by atoms with Gasteiger partial charge in [0.25, 0.3) is 17.4 Å². The fourth-order valence-electron chi connectivity index (χ4n) is 1.97. The second kappa shape index (κ2) is 8.37. The number of nitrogens with two attached hydrogens (primary N) is 1. The molecule has 0 aliphatic rings. The van der Waals surface area contributed by atoms with Gasteiger partial charge in [0.1, 0.15) is 5.65 Å². The highest BCUT2D eigenvalue weighted by molar-refractivity contribution is 5.96. The Morgan fingerprint density at radius 1 is 1.28 bits per heavy atom. The van der Waals surface area contributed by atoms with E-state index in [-0.39, 0.29) is 41.4 Å². The number of hydrogen-bond acceptors (Lipinski definition) is 5. The number of aromatic nitrogens is 3. The number of carbonyl (C=O) groups is 1. The van der Waals surface area contributed by atoms with Gasteiger partial charge in [-0.1, -0.05) is 0 Å². The Kier molecular flexibility index (Phi) is 7.68. The molecule has 3 N–H and O–H groups in total. The van der Waals surface area contributed by atoms with E-state index in [1.807, 2.05) is 5.32 Å². The number of nitrogens with one attached hydrogen (secondary N) is 1. The molecule has 25 heavy (non-hydrogen) atoms. The molecule has 8 nitrogen and oxygen atoms in total. The zero-order chi connectivity index (χ0) is 17.4. The number of rotatable bonds is 4. The highest BCUT2D eigenvalue weighted by Crippen LogP contribution is 2.11. The monoisotopic (exact) mass is 399 g/mol. The first-order chi connectivity index (χ1) is 10.7. The van der Waals surface area contributed by atoms with Gasteiger partial charge < -0.3 is 11.1 Å². The van der Waals surface area contributed by atoms with Crippen molar-refractivity contribution in [1.29, 1.82) is 0 Å². The highest BCUT2D eigenvalue weighted by Gasteiger charge is 2.27. The summed E-state index contributed by atoms with van der Waals surface area (Å²) in [5, 5.41) is 2.06. The molecule has 0 atom stereocenters. The molecule has 0 bridgehead atoms. The molecule has 140 valence electrons. The van der Waals surface area contributed by atoms with Crippen LogP contribution in [0.4, 0.5) is 8.78 Å². The molecule has 0 radical (unpaired) electrons. The number of nitrogens with zero attached hydrogens (tertiary/aromatic N) is 3. The summed E-state index contributed by atoms with van der Waals surface area (Å²) < 4.78 is 28.1. The Balaban J connectivity index is 0.00000288. The Bertz CT molecular complexity index is 898. The molecule has 0 fully saturated rings. The third-order valence-corrected chi connectivity index (χ3v) is 3.36. The smallest absolute Gasteiger partial charge is 0.332 e. The van der Waals surface area contributed by atoms with E-state index in [1.54, 1.807) is 0 Å². The Morgan fingerprint density at radius 2 is 1.88 bits per heavy atom. The summed E-state index contributed by atoms with van der Waals surface area (Å²) in [6.45, 7) is -1.82. The lowest BCUT2D eigenvalue weighted by molar-refractivity contribution is 0.0118. The van der Waals surface area contributed by atoms with Crippen LogP contribution in [-0.2, 0) is 14.1 Å². The molecule has 2 aromatic heterocycles. The predicted molar refractivity (Wildman–Crippen MR) is 93.1 cm³/mol. The topological polar surface area (TPSA) is 112 Å². The number of fused-ring (bicyclic) bond motifs is 1. The van der Waals surface area contributed by atoms with Crippen LogP contribution >= 0.6 is 24.8 Å². The van der Waals surface area contributed by atoms with E-state index in [4.69, 9.17) is 5.73 Å². The van der Waals surface area contributed by atoms with Crippen LogP contribution in [0.15, 0.2) is 21.9 Å². The van der Waals surface area contributed by atoms with Gasteiger partial charge in [-0.2, -0.15) is 0 Å². The van der Waals surface area contributed by atoms with Crippen molar-refractivity contribution in [2.45, 2.75) is 5.92 Å². The van der Waals surface area contributed by atoms with Crippen LogP contribution in [0, 0.1) is 0 Å². The quantitative estimate of drug-likeness (QED) is 0.739. The summed E-state index contributed by atoms with van der Waals surface area (Å²) in [6.07, 6.45) is 1.11. The minimum Gasteiger partial charge on any atom is -0.346 e. The number of aryl methyl sites for hydroxylation is 1. The molecule has 0 spiro atoms. The van der Waals surface area contributed by atoms with Crippen LogP contribution in [0.1, 0.15) is 10.4 Å². The molecule has 2 rings (SSSR count). The molecule has 12 heteroatoms. The molecular formula is C13H17Cl2F2N5O3. The minimum atomic E-state index is -3.22. The summed E-state index contributed by atoms with van der Waals surface area (Å²) in [4.78, 5) is 39.7. The standard InChI is InChI=1S/C13H15F2N5O3.2ClH/c1-19-9-8(11(22)20(2)12(19)23)3-7(4-17-9)10(21)18-6-13(14,15)5-16;;/h3-4H,5-6,16H2,1-2H3,(H,18,21);2*1H. The number of amides is 1. The van der Waals surface area contributed by atoms with Gasteiger partial charge in [-0.05, 0) is 6.07 Å². The largest absolute Gasteiger partial charge is 0.346 e. The molecule has 0 unspecified atom stereocenters. The molecule has 2 heterocycles. The first-order valence-electron chi connectivity index (χ1n) is 6.60. The van der Waals surface area contributed by atoms with Gasteiger partial charge in [0, 0.05) is 20.3 Å². The van der Waals surface area contributed by atoms with Crippen molar-refractivity contribution < 1.29 is 13.6 Å². The average Bonchev–Trinajstić information content (AvgIpc) is 2.55. The zero-order valence-electron chi connectivity index (χ0n) is 13.3. The van der Waals surface area contributed by atoms with E-state index in [9.17, 15) is 23.2 Å². The third-order valence-electron chi connectivity index (χ3n) is 3.36. The Hall–Kier alpha value is -2.04. The van der Waals surface area contributed by atoms with Crippen molar-refractivity contribution in [1.82, 2.24) is 19.4 Å². The molecule has 2 aromatic rings. The second-order valence-electron chi connectivity index (χ2n) is 5.04. The van der Waals surface area contributed by atoms with Gasteiger partial charge in [-0.3, -0.25) is 18.7 Å². The zero-order valence-corrected chi connectivity index (χ0v) is 14.9. The van der Waals surface area contributed by atoms with Crippen molar-refractivity contribution in [3.8, 4) is 0 Å². The van der Waals surface area contributed by atoms with Crippen LogP contribution in [-0.4, -0.2) is 39.0 Å². The highest BCUT2D eigenvalue weighted by atomic mass is 35.5. The fraction of sp³-hybridized carbons (Fsp3) is 0.385. The maximum absolute atomic E-state index is 13.0. The maximum Gasteiger partial charge on any atom is 0.332 e. The number of halogens is 4. The molecular weight excluding hydrogens is 383 g/mol. The van der Waals surface area contributed by atoms with Gasteiger partial charge in [-0.15, -0.1) is 24.8 Å². The normalized spacial score (nSPS) is 10.8. The van der Waals surface area contributed by atoms with Crippen molar-refractivity contribution in [3.63, 3.8) is 0 Å². The maximum atomic E-state index is 13.0. The van der Waals surface area contributed by atoms with Gasteiger partial charge in [0.05, 0.1) is 24.0 Å². The summed E-state index contributed by atoms with van der Waals surface area (Å²) >= 11 is 0. The van der Waals surface area contributed by atoms with E-state index in [0.29, 0.717) is 0 Å². The summed E-state index contributed by atoms with van der Waals surface area (Å²) in [7, 11) is 2.72. The van der Waals surface area contributed by atoms with Gasteiger partial charge in [-0.25, -0.2) is 18.6 Å². The van der Waals surface area contributed by atoms with Crippen molar-refractivity contribution in [2.75, 3.05) is 13.1 Å². The first-order valence-corrected chi connectivity index (χ1v) is 6.60. The van der Waals surface area contributed by atoms with E-state index < -0.39 is 36.2 Å². The van der Waals surface area contributed by atoms with Crippen molar-refractivity contribution in [3.05, 3.63) is 38.7 Å². The summed E-state index contributed by atoms with van der Waals surface area (Å²) in [6, 6.07) is 1.21. The number of pyridine rings is 1. The number of hydrogen-bond donors (Lipinski definition) is 2. The van der Waals surface area contributed by atoms with Crippen LogP contribution in [0.3, 0.4) is 0 Å². The molecule has 0 saturated carbocycles. The number of carbonyl (C=O) groups excluding carboxylic acids is 1. The molecule has 0 aliphatic carbocycles. The van der Waals surface area contributed by atoms with Gasteiger partial charge >= 0.3 is 5.69 Å². The molecule has 0 aromatic carbocycles. The Morgan fingerprint density at radius 3 is 2.44 bits per heavy atom. The summed E-state index contributed by atoms with van der Waals surface area (Å²) in [5.41, 5.74) is 3.73. The molecule has 0 saturated heterocycles. The van der Waals surface area contributed by atoms with Gasteiger partial charge in [0.15, 0.2) is 0 Å². The Labute approximate surface area is 152 Å². The number of alkyl halides is 2. The van der Waals surface area contributed by atoms with Gasteiger partial charge in [0.2, 0.25) is 0 Å². The van der Waals surface area contributed by atoms with E-state index in [0.717, 1.165) is 15.3 Å². The van der Waals surface area contributed by atoms with E-state index in [2.05, 4.69) is 4.98 Å². The lowest BCUT2D eigenvalue weighted by atomic mass is 10.2. The SMILES string of the molecule is Cl.Cl.Cn1c(=O)c2cc(C(=O)NCC(F)(F)CN)cnc2n(C)c1=O. The van der Waals surface area contributed by atoms with Crippen molar-refractivity contribution >= 4 is 41.8 Å². The first kappa shape index (κ1) is 23.0. The van der Waals surface area contributed by atoms with E-state index in [1.165, 1.54) is 20.2 Å². The third kappa shape index (κ3) is 4.53. The predicted octanol–water partition coefficient (Wildman–Crippen LogP) is -0.200.